The van der Waals surface area contributed by atoms with E-state index >= 15 is 0 Å². The van der Waals surface area contributed by atoms with Gasteiger partial charge in [-0.25, -0.2) is 0 Å². The summed E-state index contributed by atoms with van der Waals surface area (Å²) in [5, 5.41) is 101. The molecule has 0 aliphatic heterocycles. The predicted octanol–water partition coefficient (Wildman–Crippen LogP) is -2.38. The zero-order chi connectivity index (χ0) is 54.2. The number of ether oxygens (including phenoxy) is 2. The third kappa shape index (κ3) is 22.5. The molecule has 72 heavy (non-hydrogen) atoms. The van der Waals surface area contributed by atoms with Gasteiger partial charge in [-0.3, -0.25) is 77.3 Å². The van der Waals surface area contributed by atoms with Gasteiger partial charge in [0, 0.05) is 51.4 Å². The second-order valence-electron chi connectivity index (χ2n) is 16.3. The highest BCUT2D eigenvalue weighted by Crippen LogP contribution is 2.23. The van der Waals surface area contributed by atoms with E-state index in [2.05, 4.69) is 0 Å². The summed E-state index contributed by atoms with van der Waals surface area (Å²) in [6.45, 7) is -11.8. The number of benzene rings is 2. The van der Waals surface area contributed by atoms with Gasteiger partial charge in [0.15, 0.2) is 0 Å². The molecule has 4 unspecified atom stereocenters. The largest absolute Gasteiger partial charge is 0.497 e. The number of carboxylic acid groups (broad SMARTS) is 10. The van der Waals surface area contributed by atoms with E-state index in [1.54, 1.807) is 0 Å². The lowest BCUT2D eigenvalue weighted by Gasteiger charge is -2.43. The summed E-state index contributed by atoms with van der Waals surface area (Å²) in [7, 11) is 2.74. The van der Waals surface area contributed by atoms with Gasteiger partial charge in [-0.15, -0.1) is 0 Å². The molecular formula is C44H60N6O22. The van der Waals surface area contributed by atoms with E-state index in [1.165, 1.54) is 62.8 Å². The molecule has 28 heteroatoms. The molecule has 0 saturated heterocycles. The first-order valence-corrected chi connectivity index (χ1v) is 21.7. The Hall–Kier alpha value is -7.50. The van der Waals surface area contributed by atoms with Crippen molar-refractivity contribution in [3.63, 3.8) is 0 Å². The fourth-order valence-electron chi connectivity index (χ4n) is 7.95. The number of aliphatic carboxylic acids is 10. The molecule has 0 aliphatic rings. The van der Waals surface area contributed by atoms with Gasteiger partial charge >= 0.3 is 59.7 Å². The lowest BCUT2D eigenvalue weighted by atomic mass is 9.98. The summed E-state index contributed by atoms with van der Waals surface area (Å²) in [6, 6.07) is 4.64. The molecule has 0 heterocycles. The maximum atomic E-state index is 13.9. The van der Waals surface area contributed by atoms with Gasteiger partial charge in [0.1, 0.15) is 23.6 Å². The Kier molecular flexibility index (Phi) is 25.5. The van der Waals surface area contributed by atoms with E-state index < -0.39 is 175 Å². The zero-order valence-corrected chi connectivity index (χ0v) is 39.3. The van der Waals surface area contributed by atoms with Gasteiger partial charge in [-0.2, -0.15) is 0 Å². The molecule has 0 spiro atoms. The lowest BCUT2D eigenvalue weighted by molar-refractivity contribution is -0.159. The fourth-order valence-corrected chi connectivity index (χ4v) is 7.95. The van der Waals surface area contributed by atoms with Crippen LogP contribution in [0, 0.1) is 0 Å². The minimum atomic E-state index is -2.39. The van der Waals surface area contributed by atoms with E-state index in [1.807, 2.05) is 0 Å². The summed E-state index contributed by atoms with van der Waals surface area (Å²) >= 11 is 0. The predicted molar refractivity (Wildman–Crippen MR) is 244 cm³/mol. The highest BCUT2D eigenvalue weighted by atomic mass is 16.5. The summed E-state index contributed by atoms with van der Waals surface area (Å²) in [4.78, 5) is 130. The van der Waals surface area contributed by atoms with Gasteiger partial charge in [-0.05, 0) is 48.2 Å². The van der Waals surface area contributed by atoms with Crippen molar-refractivity contribution in [1.29, 1.82) is 0 Å². The second-order valence-corrected chi connectivity index (χ2v) is 16.3. The molecule has 2 rings (SSSR count). The molecule has 0 amide bonds. The number of nitrogens with zero attached hydrogens (tertiary/aromatic N) is 6. The van der Waals surface area contributed by atoms with Crippen molar-refractivity contribution in [1.82, 2.24) is 29.4 Å². The van der Waals surface area contributed by atoms with Gasteiger partial charge in [0.05, 0.1) is 66.6 Å². The van der Waals surface area contributed by atoms with Gasteiger partial charge < -0.3 is 60.5 Å². The topological polar surface area (TPSA) is 411 Å². The first-order valence-electron chi connectivity index (χ1n) is 21.7. The van der Waals surface area contributed by atoms with E-state index in [-0.39, 0.29) is 12.8 Å². The third-order valence-corrected chi connectivity index (χ3v) is 11.0. The lowest BCUT2D eigenvalue weighted by Crippen LogP contribution is -2.64. The van der Waals surface area contributed by atoms with E-state index in [0.29, 0.717) is 22.6 Å². The van der Waals surface area contributed by atoms with Crippen LogP contribution in [0.1, 0.15) is 11.1 Å². The molecule has 0 radical (unpaired) electrons. The van der Waals surface area contributed by atoms with E-state index in [9.17, 15) is 99.0 Å². The molecule has 0 bridgehead atoms. The number of carbonyl (C=O) groups is 10. The van der Waals surface area contributed by atoms with Crippen molar-refractivity contribution >= 4 is 59.7 Å². The summed E-state index contributed by atoms with van der Waals surface area (Å²) in [5.74, 6) is -15.4. The monoisotopic (exact) mass is 1020 g/mol. The molecule has 10 N–H and O–H groups in total. The Morgan fingerprint density at radius 2 is 0.625 bits per heavy atom. The standard InChI is InChI=1S/C44H60N6O22/c1-71-31-7-3-27(4-8-31)15-29(49(23-37(59)60)24-38(61)62)17-47(13-11-45(19-33(51)52)20-34(53)54)41(43(67)68)42(44(69)70)48(14-12-46(21-35(55)56)22-36(57)58)18-30(50(25-39(63)64)26-40(65)66)16-28-5-9-32(72-2)10-6-28/h3-10,29-30,41-42H,11-26H2,1-2H3,(H,51,52)(H,53,54)(H,55,56)(H,57,58)(H,59,60)(H,61,62)(H,63,64)(H,65,66)(H,67,68)(H,69,70). The molecular weight excluding hydrogens is 965 g/mol. The van der Waals surface area contributed by atoms with E-state index in [4.69, 9.17) is 9.47 Å². The minimum absolute atomic E-state index is 0.259. The van der Waals surface area contributed by atoms with Gasteiger partial charge in [0.2, 0.25) is 0 Å². The van der Waals surface area contributed by atoms with Crippen molar-refractivity contribution < 1.29 is 108 Å². The Balaban J connectivity index is 3.11. The second kappa shape index (κ2) is 30.3. The normalized spacial score (nSPS) is 13.2. The zero-order valence-electron chi connectivity index (χ0n) is 39.3. The fraction of sp³-hybridized carbons (Fsp3) is 0.500. The van der Waals surface area contributed by atoms with Crippen LogP contribution in [0.3, 0.4) is 0 Å². The van der Waals surface area contributed by atoms with Crippen LogP contribution in [0.5, 0.6) is 11.5 Å². The molecule has 0 aromatic heterocycles. The van der Waals surface area contributed by atoms with E-state index in [0.717, 1.165) is 29.4 Å². The highest BCUT2D eigenvalue weighted by molar-refractivity contribution is 5.85. The van der Waals surface area contributed by atoms with Crippen LogP contribution in [0.25, 0.3) is 0 Å². The number of rotatable bonds is 39. The van der Waals surface area contributed by atoms with Crippen molar-refractivity contribution in [2.24, 2.45) is 0 Å². The first kappa shape index (κ1) is 60.6. The average molecular weight is 1020 g/mol. The minimum Gasteiger partial charge on any atom is -0.497 e. The maximum Gasteiger partial charge on any atom is 0.323 e. The number of carboxylic acids is 10. The smallest absolute Gasteiger partial charge is 0.323 e. The highest BCUT2D eigenvalue weighted by Gasteiger charge is 2.45. The van der Waals surface area contributed by atoms with Crippen LogP contribution in [0.15, 0.2) is 48.5 Å². The quantitative estimate of drug-likeness (QED) is 0.0334. The molecule has 4 atom stereocenters. The number of methoxy groups -OCH3 is 2. The molecule has 0 fully saturated rings. The van der Waals surface area contributed by atoms with Crippen LogP contribution in [0.2, 0.25) is 0 Å². The van der Waals surface area contributed by atoms with Crippen molar-refractivity contribution in [2.45, 2.75) is 37.0 Å². The summed E-state index contributed by atoms with van der Waals surface area (Å²) in [5.41, 5.74) is 0.803. The molecule has 2 aromatic rings. The Morgan fingerprint density at radius 1 is 0.375 bits per heavy atom. The molecule has 0 aliphatic carbocycles. The molecule has 0 saturated carbocycles. The van der Waals surface area contributed by atoms with Crippen LogP contribution >= 0.6 is 0 Å². The van der Waals surface area contributed by atoms with Crippen molar-refractivity contribution in [2.75, 3.05) is 106 Å². The van der Waals surface area contributed by atoms with Crippen molar-refractivity contribution in [3.8, 4) is 11.5 Å². The number of hydrogen-bond acceptors (Lipinski definition) is 18. The van der Waals surface area contributed by atoms with Crippen LogP contribution in [0.4, 0.5) is 0 Å². The van der Waals surface area contributed by atoms with Crippen LogP contribution in [-0.2, 0) is 60.8 Å². The Morgan fingerprint density at radius 3 is 0.833 bits per heavy atom. The summed E-state index contributed by atoms with van der Waals surface area (Å²) < 4.78 is 10.4. The first-order chi connectivity index (χ1) is 33.8. The SMILES string of the molecule is COc1ccc(CC(CN(CCN(CC(=O)O)CC(=O)O)C(C(=O)O)C(C(=O)O)N(CCN(CC(=O)O)CC(=O)O)CC(Cc2ccc(OC)cc2)N(CC(=O)O)CC(=O)O)N(CC(=O)O)CC(=O)O)cc1. The molecule has 398 valence electrons. The third-order valence-electron chi connectivity index (χ3n) is 11.0. The molecule has 28 nitrogen and oxygen atoms in total. The van der Waals surface area contributed by atoms with Crippen molar-refractivity contribution in [3.05, 3.63) is 59.7 Å². The van der Waals surface area contributed by atoms with Crippen LogP contribution in [-0.4, -0.2) is 270 Å². The Bertz CT molecular complexity index is 1960. The van der Waals surface area contributed by atoms with Gasteiger partial charge in [-0.1, -0.05) is 24.3 Å². The Labute approximate surface area is 411 Å². The maximum absolute atomic E-state index is 13.9. The average Bonchev–Trinajstić information content (AvgIpc) is 3.26. The molecule has 2 aromatic carbocycles. The number of hydrogen-bond donors (Lipinski definition) is 10. The summed E-state index contributed by atoms with van der Waals surface area (Å²) in [6.07, 6.45) is -0.517. The van der Waals surface area contributed by atoms with Crippen LogP contribution < -0.4 is 9.47 Å². The van der Waals surface area contributed by atoms with Gasteiger partial charge in [0.25, 0.3) is 0 Å².